The van der Waals surface area contributed by atoms with Crippen LogP contribution in [-0.2, 0) is 18.7 Å². The fourth-order valence-corrected chi connectivity index (χ4v) is 4.93. The van der Waals surface area contributed by atoms with Gasteiger partial charge in [0.1, 0.15) is 0 Å². The van der Waals surface area contributed by atoms with Crippen LogP contribution in [0.2, 0.25) is 0 Å². The number of anilines is 10. The molecule has 3 aromatic heterocycles. The van der Waals surface area contributed by atoms with Gasteiger partial charge in [-0.05, 0) is 36.4 Å². The summed E-state index contributed by atoms with van der Waals surface area (Å²) in [5, 5.41) is 83.6. The standard InChI is InChI=1S/C29H33N17O11S2/c47-11-9-45(10-12-48)27-39-21(30-7-13-58-56-54-52)36-23(41-27)32-17-3-1-5-19(15-17)34-25-38-26(44-29(49)43-25)35-20-6-2-4-18(16-20)33-24-37-22(31-8-14-59-57-55-53)40-28(42-24)46(50)51/h1-8,15-16,47-48,50-53H,9-14H2,(H,32,36,39,41)(H,33,37,40,42)(H3,34,35,38,43,44,49). The molecule has 59 heavy (non-hydrogen) atoms. The molecule has 0 amide bonds. The summed E-state index contributed by atoms with van der Waals surface area (Å²) in [6, 6.07) is 12.8. The molecule has 0 aliphatic carbocycles. The summed E-state index contributed by atoms with van der Waals surface area (Å²) in [5.41, 5.74) is 1.85. The third-order valence-corrected chi connectivity index (χ3v) is 7.54. The molecule has 0 saturated carbocycles. The summed E-state index contributed by atoms with van der Waals surface area (Å²) in [5.74, 6) is -0.420. The van der Waals surface area contributed by atoms with Crippen molar-refractivity contribution in [1.82, 2.24) is 44.9 Å². The Kier molecular flexibility index (Phi) is 17.2. The van der Waals surface area contributed by atoms with Crippen molar-refractivity contribution < 1.29 is 55.0 Å². The van der Waals surface area contributed by atoms with Crippen molar-refractivity contribution in [2.45, 2.75) is 0 Å². The lowest BCUT2D eigenvalue weighted by molar-refractivity contribution is -0.432. The second-order valence-electron chi connectivity index (χ2n) is 10.7. The number of aromatic nitrogens is 9. The molecule has 0 fully saturated rings. The molecule has 5 aromatic rings. The summed E-state index contributed by atoms with van der Waals surface area (Å²) < 4.78 is 8.58. The van der Waals surface area contributed by atoms with Crippen molar-refractivity contribution in [2.75, 3.05) is 69.2 Å². The molecule has 3 heterocycles. The molecular formula is C29H33N17O11S2. The Hall–Kier alpha value is -6.29. The van der Waals surface area contributed by atoms with Crippen LogP contribution in [-0.4, -0.2) is 131 Å². The van der Waals surface area contributed by atoms with Gasteiger partial charge in [-0.2, -0.15) is 44.9 Å². The van der Waals surface area contributed by atoms with E-state index in [4.69, 9.17) is 10.5 Å². The van der Waals surface area contributed by atoms with Crippen molar-refractivity contribution in [1.29, 1.82) is 0 Å². The van der Waals surface area contributed by atoms with E-state index in [9.17, 15) is 25.7 Å². The van der Waals surface area contributed by atoms with Crippen LogP contribution >= 0.6 is 24.1 Å². The summed E-state index contributed by atoms with van der Waals surface area (Å²) in [7, 11) is 0. The van der Waals surface area contributed by atoms with Gasteiger partial charge >= 0.3 is 6.01 Å². The minimum Gasteiger partial charge on any atom is -0.479 e. The normalized spacial score (nSPS) is 11.3. The maximum Gasteiger partial charge on any atom is 0.320 e. The first-order valence-electron chi connectivity index (χ1n) is 16.4. The SMILES string of the molecule is OCCN(CCO)c1nc(N=CCSOOO)nc(Nc2cccc(Nc3nc(O)nc(Nc4cccc(Nc5nc(N=CCSOOO)nc(N(O)O)n5)c4)n3)c2)n1. The average molecular weight is 860 g/mol. The molecule has 0 saturated heterocycles. The Balaban J connectivity index is 1.29. The zero-order valence-corrected chi connectivity index (χ0v) is 31.5. The second kappa shape index (κ2) is 23.2. The number of aliphatic hydroxyl groups is 2. The van der Waals surface area contributed by atoms with E-state index >= 15 is 0 Å². The molecule has 0 spiro atoms. The lowest BCUT2D eigenvalue weighted by Crippen LogP contribution is -2.31. The first kappa shape index (κ1) is 43.8. The fourth-order valence-electron chi connectivity index (χ4n) is 4.46. The van der Waals surface area contributed by atoms with E-state index in [-0.39, 0.29) is 84.7 Å². The number of nitrogens with one attached hydrogen (secondary N) is 4. The first-order chi connectivity index (χ1) is 28.7. The summed E-state index contributed by atoms with van der Waals surface area (Å²) >= 11 is 1.46. The highest BCUT2D eigenvalue weighted by atomic mass is 32.2. The Morgan fingerprint density at radius 2 is 1.02 bits per heavy atom. The second-order valence-corrected chi connectivity index (χ2v) is 12.1. The summed E-state index contributed by atoms with van der Waals surface area (Å²) in [4.78, 5) is 46.9. The number of aromatic hydroxyl groups is 1. The van der Waals surface area contributed by atoms with Crippen LogP contribution in [0, 0.1) is 0 Å². The first-order valence-corrected chi connectivity index (χ1v) is 18.2. The number of aliphatic hydroxyl groups excluding tert-OH is 2. The average Bonchev–Trinajstić information content (AvgIpc) is 3.20. The van der Waals surface area contributed by atoms with Crippen molar-refractivity contribution in [3.8, 4) is 6.01 Å². The van der Waals surface area contributed by atoms with Crippen LogP contribution in [0.5, 0.6) is 6.01 Å². The van der Waals surface area contributed by atoms with Gasteiger partial charge in [0.15, 0.2) is 0 Å². The van der Waals surface area contributed by atoms with Crippen LogP contribution in [0.15, 0.2) is 58.5 Å². The molecular weight excluding hydrogens is 827 g/mol. The highest BCUT2D eigenvalue weighted by Crippen LogP contribution is 2.26. The molecule has 0 bridgehead atoms. The predicted octanol–water partition coefficient (Wildman–Crippen LogP) is 2.84. The maximum atomic E-state index is 10.4. The zero-order chi connectivity index (χ0) is 41.8. The Morgan fingerprint density at radius 1 is 0.593 bits per heavy atom. The number of hydrogen-bond acceptors (Lipinski definition) is 30. The quantitative estimate of drug-likeness (QED) is 0.0140. The van der Waals surface area contributed by atoms with Gasteiger partial charge in [0, 0.05) is 72.4 Å². The van der Waals surface area contributed by atoms with Crippen molar-refractivity contribution in [2.24, 2.45) is 9.98 Å². The molecule has 30 heteroatoms. The summed E-state index contributed by atoms with van der Waals surface area (Å²) in [6.45, 7) is -0.221. The number of rotatable bonds is 24. The van der Waals surface area contributed by atoms with Gasteiger partial charge < -0.3 is 41.5 Å². The fraction of sp³-hybridized carbons (Fsp3) is 0.207. The van der Waals surface area contributed by atoms with E-state index < -0.39 is 12.0 Å². The van der Waals surface area contributed by atoms with Gasteiger partial charge in [-0.3, -0.25) is 10.4 Å². The third kappa shape index (κ3) is 14.6. The zero-order valence-electron chi connectivity index (χ0n) is 29.9. The van der Waals surface area contributed by atoms with E-state index in [1.54, 1.807) is 53.4 Å². The van der Waals surface area contributed by atoms with Gasteiger partial charge in [-0.15, -0.1) is 8.67 Å². The molecule has 5 rings (SSSR count). The topological polar surface area (TPSA) is 374 Å². The number of benzene rings is 2. The van der Waals surface area contributed by atoms with E-state index in [1.807, 2.05) is 0 Å². The number of aliphatic imine (C=N–C) groups is 2. The molecule has 11 N–H and O–H groups in total. The minimum atomic E-state index is -0.597. The van der Waals surface area contributed by atoms with E-state index in [0.29, 0.717) is 34.8 Å². The number of hydrogen-bond donors (Lipinski definition) is 11. The Morgan fingerprint density at radius 3 is 1.44 bits per heavy atom. The van der Waals surface area contributed by atoms with E-state index in [1.165, 1.54) is 12.4 Å². The van der Waals surface area contributed by atoms with Crippen molar-refractivity contribution >= 4 is 107 Å². The third-order valence-electron chi connectivity index (χ3n) is 6.65. The minimum absolute atomic E-state index is 0.00663. The monoisotopic (exact) mass is 859 g/mol. The molecule has 28 nitrogen and oxygen atoms in total. The van der Waals surface area contributed by atoms with Crippen molar-refractivity contribution in [3.05, 3.63) is 48.5 Å². The Bertz CT molecular complexity index is 2160. The van der Waals surface area contributed by atoms with Gasteiger partial charge in [-0.1, -0.05) is 27.4 Å². The van der Waals surface area contributed by atoms with E-state index in [0.717, 1.165) is 12.0 Å². The molecule has 0 atom stereocenters. The predicted molar refractivity (Wildman–Crippen MR) is 210 cm³/mol. The van der Waals surface area contributed by atoms with Gasteiger partial charge in [0.25, 0.3) is 17.8 Å². The summed E-state index contributed by atoms with van der Waals surface area (Å²) in [6.07, 6.45) is 2.71. The van der Waals surface area contributed by atoms with Gasteiger partial charge in [0.2, 0.25) is 29.7 Å². The smallest absolute Gasteiger partial charge is 0.320 e. The van der Waals surface area contributed by atoms with Crippen LogP contribution in [0.3, 0.4) is 0 Å². The van der Waals surface area contributed by atoms with E-state index in [2.05, 4.69) is 94.9 Å². The molecule has 0 unspecified atom stereocenters. The molecule has 2 aromatic carbocycles. The lowest BCUT2D eigenvalue weighted by Gasteiger charge is -2.21. The van der Waals surface area contributed by atoms with Crippen molar-refractivity contribution in [3.63, 3.8) is 0 Å². The highest BCUT2D eigenvalue weighted by molar-refractivity contribution is 7.95. The van der Waals surface area contributed by atoms with Gasteiger partial charge in [0.05, 0.1) is 24.7 Å². The van der Waals surface area contributed by atoms with Crippen LogP contribution in [0.25, 0.3) is 0 Å². The number of nitrogens with zero attached hydrogens (tertiary/aromatic N) is 13. The largest absolute Gasteiger partial charge is 0.479 e. The highest BCUT2D eigenvalue weighted by Gasteiger charge is 2.15. The van der Waals surface area contributed by atoms with Crippen LogP contribution < -0.4 is 31.4 Å². The molecule has 312 valence electrons. The Labute approximate surface area is 339 Å². The van der Waals surface area contributed by atoms with Crippen LogP contribution in [0.1, 0.15) is 0 Å². The van der Waals surface area contributed by atoms with Crippen LogP contribution in [0.4, 0.5) is 70.3 Å². The molecule has 0 radical (unpaired) electrons. The van der Waals surface area contributed by atoms with Gasteiger partial charge in [-0.25, -0.2) is 20.5 Å². The lowest BCUT2D eigenvalue weighted by atomic mass is 10.3. The maximum absolute atomic E-state index is 10.4. The molecule has 0 aliphatic rings. The molecule has 0 aliphatic heterocycles.